The van der Waals surface area contributed by atoms with Gasteiger partial charge in [0.1, 0.15) is 5.75 Å². The highest BCUT2D eigenvalue weighted by atomic mass is 35.5. The van der Waals surface area contributed by atoms with E-state index in [0.29, 0.717) is 22.3 Å². The van der Waals surface area contributed by atoms with Crippen molar-refractivity contribution in [2.24, 2.45) is 0 Å². The van der Waals surface area contributed by atoms with E-state index < -0.39 is 0 Å². The van der Waals surface area contributed by atoms with E-state index in [1.165, 1.54) is 0 Å². The topological polar surface area (TPSA) is 42.4 Å². The van der Waals surface area contributed by atoms with Gasteiger partial charge in [0.25, 0.3) is 0 Å². The second-order valence-corrected chi connectivity index (χ2v) is 6.52. The lowest BCUT2D eigenvalue weighted by Gasteiger charge is -2.21. The highest BCUT2D eigenvalue weighted by Crippen LogP contribution is 2.31. The zero-order chi connectivity index (χ0) is 18.7. The molecule has 0 saturated heterocycles. The second-order valence-electron chi connectivity index (χ2n) is 6.08. The average molecular weight is 367 g/mol. The molecule has 2 aromatic carbocycles. The van der Waals surface area contributed by atoms with Gasteiger partial charge in [-0.1, -0.05) is 29.8 Å². The Balaban J connectivity index is 1.87. The van der Waals surface area contributed by atoms with Crippen molar-refractivity contribution in [1.82, 2.24) is 4.98 Å². The van der Waals surface area contributed by atoms with Crippen LogP contribution in [0.2, 0.25) is 5.02 Å². The molecule has 0 aliphatic rings. The molecule has 1 amide bonds. The number of hydrogen-bond acceptors (Lipinski definition) is 3. The number of carbonyl (C=O) groups is 1. The summed E-state index contributed by atoms with van der Waals surface area (Å²) in [5, 5.41) is 0.661. The number of rotatable bonds is 5. The molecule has 5 heteroatoms. The molecule has 0 aliphatic carbocycles. The van der Waals surface area contributed by atoms with Gasteiger partial charge in [0.05, 0.1) is 17.6 Å². The molecular weight excluding hydrogens is 348 g/mol. The number of hydrogen-bond donors (Lipinski definition) is 0. The summed E-state index contributed by atoms with van der Waals surface area (Å²) in [5.74, 6) is 1.14. The molecule has 0 aliphatic heterocycles. The molecular formula is C21H19ClN2O2. The number of anilines is 2. The first-order valence-electron chi connectivity index (χ1n) is 8.20. The van der Waals surface area contributed by atoms with Gasteiger partial charge in [0, 0.05) is 11.1 Å². The fourth-order valence-electron chi connectivity index (χ4n) is 2.84. The number of benzene rings is 2. The SMILES string of the molecule is Cc1cc(Cl)ccc1Oc1ccc(N(C=O)c2c(C)cccc2C)cn1. The Labute approximate surface area is 158 Å². The summed E-state index contributed by atoms with van der Waals surface area (Å²) in [7, 11) is 0. The molecule has 0 fully saturated rings. The smallest absolute Gasteiger partial charge is 0.219 e. The van der Waals surface area contributed by atoms with E-state index in [9.17, 15) is 4.79 Å². The number of para-hydroxylation sites is 1. The Morgan fingerprint density at radius 1 is 1.00 bits per heavy atom. The molecule has 0 atom stereocenters. The van der Waals surface area contributed by atoms with Crippen molar-refractivity contribution in [1.29, 1.82) is 0 Å². The maximum atomic E-state index is 11.7. The summed E-state index contributed by atoms with van der Waals surface area (Å²) in [6.07, 6.45) is 2.43. The summed E-state index contributed by atoms with van der Waals surface area (Å²) in [6.45, 7) is 5.88. The van der Waals surface area contributed by atoms with Gasteiger partial charge >= 0.3 is 0 Å². The lowest BCUT2D eigenvalue weighted by molar-refractivity contribution is -0.106. The quantitative estimate of drug-likeness (QED) is 0.540. The number of nitrogens with zero attached hydrogens (tertiary/aromatic N) is 2. The minimum absolute atomic E-state index is 0.450. The molecule has 0 bridgehead atoms. The fraction of sp³-hybridized carbons (Fsp3) is 0.143. The first-order valence-corrected chi connectivity index (χ1v) is 8.58. The number of carbonyl (C=O) groups excluding carboxylic acids is 1. The Hall–Kier alpha value is -2.85. The summed E-state index contributed by atoms with van der Waals surface area (Å²) in [5.41, 5.74) is 4.51. The summed E-state index contributed by atoms with van der Waals surface area (Å²) < 4.78 is 5.81. The van der Waals surface area contributed by atoms with Gasteiger partial charge in [-0.05, 0) is 61.7 Å². The van der Waals surface area contributed by atoms with Crippen molar-refractivity contribution >= 4 is 29.4 Å². The predicted molar refractivity (Wildman–Crippen MR) is 105 cm³/mol. The number of amides is 1. The second kappa shape index (κ2) is 7.58. The maximum absolute atomic E-state index is 11.7. The molecule has 3 rings (SSSR count). The fourth-order valence-corrected chi connectivity index (χ4v) is 3.07. The molecule has 132 valence electrons. The third-order valence-electron chi connectivity index (χ3n) is 4.14. The van der Waals surface area contributed by atoms with Crippen molar-refractivity contribution in [3.05, 3.63) is 76.4 Å². The summed E-state index contributed by atoms with van der Waals surface area (Å²) >= 11 is 5.97. The van der Waals surface area contributed by atoms with Crippen LogP contribution in [0.4, 0.5) is 11.4 Å². The van der Waals surface area contributed by atoms with E-state index >= 15 is 0 Å². The molecule has 1 heterocycles. The maximum Gasteiger partial charge on any atom is 0.219 e. The van der Waals surface area contributed by atoms with E-state index in [1.807, 2.05) is 57.2 Å². The van der Waals surface area contributed by atoms with E-state index in [2.05, 4.69) is 4.98 Å². The van der Waals surface area contributed by atoms with Crippen LogP contribution in [-0.2, 0) is 4.79 Å². The highest BCUT2D eigenvalue weighted by Gasteiger charge is 2.14. The van der Waals surface area contributed by atoms with Crippen molar-refractivity contribution in [2.45, 2.75) is 20.8 Å². The standard InChI is InChI=1S/C21H19ClN2O2/c1-14-5-4-6-15(2)21(14)24(13-25)18-8-10-20(23-12-18)26-19-9-7-17(22)11-16(19)3/h4-13H,1-3H3. The zero-order valence-corrected chi connectivity index (χ0v) is 15.6. The van der Waals surface area contributed by atoms with Gasteiger partial charge in [-0.25, -0.2) is 4.98 Å². The van der Waals surface area contributed by atoms with Gasteiger partial charge in [-0.2, -0.15) is 0 Å². The van der Waals surface area contributed by atoms with Crippen molar-refractivity contribution < 1.29 is 9.53 Å². The van der Waals surface area contributed by atoms with Crippen LogP contribution in [0, 0.1) is 20.8 Å². The number of aromatic nitrogens is 1. The third kappa shape index (κ3) is 3.70. The van der Waals surface area contributed by atoms with Crippen LogP contribution in [0.25, 0.3) is 0 Å². The van der Waals surface area contributed by atoms with E-state index in [4.69, 9.17) is 16.3 Å². The third-order valence-corrected chi connectivity index (χ3v) is 4.37. The molecule has 0 unspecified atom stereocenters. The Kier molecular flexibility index (Phi) is 5.24. The minimum atomic E-state index is 0.450. The monoisotopic (exact) mass is 366 g/mol. The van der Waals surface area contributed by atoms with Gasteiger partial charge in [-0.15, -0.1) is 0 Å². The van der Waals surface area contributed by atoms with Crippen LogP contribution < -0.4 is 9.64 Å². The van der Waals surface area contributed by atoms with Crippen LogP contribution in [-0.4, -0.2) is 11.4 Å². The van der Waals surface area contributed by atoms with E-state index in [-0.39, 0.29) is 0 Å². The van der Waals surface area contributed by atoms with Crippen molar-refractivity contribution in [2.75, 3.05) is 4.90 Å². The lowest BCUT2D eigenvalue weighted by atomic mass is 10.1. The first kappa shape index (κ1) is 18.0. The Morgan fingerprint density at radius 3 is 2.31 bits per heavy atom. The van der Waals surface area contributed by atoms with Crippen LogP contribution in [0.15, 0.2) is 54.7 Å². The lowest BCUT2D eigenvalue weighted by Crippen LogP contribution is -2.16. The number of aryl methyl sites for hydroxylation is 3. The molecule has 26 heavy (non-hydrogen) atoms. The van der Waals surface area contributed by atoms with Crippen LogP contribution in [0.1, 0.15) is 16.7 Å². The van der Waals surface area contributed by atoms with Gasteiger partial charge < -0.3 is 4.74 Å². The molecule has 0 saturated carbocycles. The van der Waals surface area contributed by atoms with E-state index in [0.717, 1.165) is 28.8 Å². The first-order chi connectivity index (χ1) is 12.5. The van der Waals surface area contributed by atoms with Gasteiger partial charge in [0.15, 0.2) is 0 Å². The normalized spacial score (nSPS) is 10.5. The molecule has 0 radical (unpaired) electrons. The molecule has 4 nitrogen and oxygen atoms in total. The van der Waals surface area contributed by atoms with Crippen LogP contribution in [0.3, 0.4) is 0 Å². The highest BCUT2D eigenvalue weighted by molar-refractivity contribution is 6.30. The minimum Gasteiger partial charge on any atom is -0.439 e. The van der Waals surface area contributed by atoms with Crippen LogP contribution in [0.5, 0.6) is 11.6 Å². The number of halogens is 1. The van der Waals surface area contributed by atoms with Crippen LogP contribution >= 0.6 is 11.6 Å². The Morgan fingerprint density at radius 2 is 1.73 bits per heavy atom. The Bertz CT molecular complexity index is 919. The summed E-state index contributed by atoms with van der Waals surface area (Å²) in [6, 6.07) is 14.9. The molecule has 0 N–H and O–H groups in total. The predicted octanol–water partition coefficient (Wildman–Crippen LogP) is 5.75. The molecule has 3 aromatic rings. The number of ether oxygens (including phenoxy) is 1. The van der Waals surface area contributed by atoms with Crippen molar-refractivity contribution in [3.8, 4) is 11.6 Å². The molecule has 0 spiro atoms. The van der Waals surface area contributed by atoms with Gasteiger partial charge in [-0.3, -0.25) is 9.69 Å². The zero-order valence-electron chi connectivity index (χ0n) is 14.9. The largest absolute Gasteiger partial charge is 0.439 e. The summed E-state index contributed by atoms with van der Waals surface area (Å²) in [4.78, 5) is 17.6. The number of pyridine rings is 1. The average Bonchev–Trinajstić information content (AvgIpc) is 2.62. The van der Waals surface area contributed by atoms with Gasteiger partial charge in [0.2, 0.25) is 12.3 Å². The van der Waals surface area contributed by atoms with Crippen molar-refractivity contribution in [3.63, 3.8) is 0 Å². The molecule has 1 aromatic heterocycles. The van der Waals surface area contributed by atoms with E-state index in [1.54, 1.807) is 23.2 Å².